The quantitative estimate of drug-likeness (QED) is 0.639. The lowest BCUT2D eigenvalue weighted by Crippen LogP contribution is -2.05. The Morgan fingerprint density at radius 2 is 1.73 bits per heavy atom. The van der Waals surface area contributed by atoms with Crippen molar-refractivity contribution in [1.82, 2.24) is 9.78 Å². The highest BCUT2D eigenvalue weighted by molar-refractivity contribution is 7.90. The fraction of sp³-hybridized carbons (Fsp3) is 0.118. The van der Waals surface area contributed by atoms with Crippen LogP contribution in [-0.4, -0.2) is 24.5 Å². The molecule has 0 bridgehead atoms. The SMILES string of the molecule is CS(=O)(=O)c1ccc(-n2nc(C(F)F)cc2-c2ccc(Cl)cc2)cc1F. The largest absolute Gasteiger partial charge is 0.282 e. The molecule has 0 spiro atoms. The number of aromatic nitrogens is 2. The second kappa shape index (κ2) is 6.77. The maximum Gasteiger partial charge on any atom is 0.282 e. The Balaban J connectivity index is 2.18. The molecule has 0 radical (unpaired) electrons. The first-order valence-corrected chi connectivity index (χ1v) is 9.58. The molecule has 0 aliphatic carbocycles. The van der Waals surface area contributed by atoms with Gasteiger partial charge in [0.2, 0.25) is 0 Å². The van der Waals surface area contributed by atoms with Crippen LogP contribution in [-0.2, 0) is 9.84 Å². The van der Waals surface area contributed by atoms with Crippen molar-refractivity contribution in [3.63, 3.8) is 0 Å². The van der Waals surface area contributed by atoms with Crippen LogP contribution in [0.15, 0.2) is 53.4 Å². The van der Waals surface area contributed by atoms with Gasteiger partial charge in [0.05, 0.1) is 11.4 Å². The van der Waals surface area contributed by atoms with Crippen LogP contribution >= 0.6 is 11.6 Å². The zero-order valence-electron chi connectivity index (χ0n) is 13.3. The van der Waals surface area contributed by atoms with Crippen LogP contribution < -0.4 is 0 Å². The summed E-state index contributed by atoms with van der Waals surface area (Å²) < 4.78 is 64.6. The molecule has 3 aromatic rings. The van der Waals surface area contributed by atoms with Crippen LogP contribution in [0.25, 0.3) is 16.9 Å². The summed E-state index contributed by atoms with van der Waals surface area (Å²) in [5, 5.41) is 4.30. The van der Waals surface area contributed by atoms with Crippen LogP contribution in [0.4, 0.5) is 13.2 Å². The van der Waals surface area contributed by atoms with Crippen molar-refractivity contribution >= 4 is 21.4 Å². The molecule has 0 aliphatic rings. The van der Waals surface area contributed by atoms with Crippen LogP contribution in [0.1, 0.15) is 12.1 Å². The molecular weight excluding hydrogens is 389 g/mol. The summed E-state index contributed by atoms with van der Waals surface area (Å²) in [6.07, 6.45) is -1.94. The second-order valence-electron chi connectivity index (χ2n) is 5.56. The highest BCUT2D eigenvalue weighted by Gasteiger charge is 2.20. The van der Waals surface area contributed by atoms with Crippen LogP contribution in [0.2, 0.25) is 5.02 Å². The van der Waals surface area contributed by atoms with E-state index in [0.717, 1.165) is 23.1 Å². The van der Waals surface area contributed by atoms with Gasteiger partial charge in [-0.15, -0.1) is 0 Å². The van der Waals surface area contributed by atoms with E-state index in [4.69, 9.17) is 11.6 Å². The first-order valence-electron chi connectivity index (χ1n) is 7.31. The van der Waals surface area contributed by atoms with E-state index < -0.39 is 32.7 Å². The molecule has 9 heteroatoms. The molecule has 26 heavy (non-hydrogen) atoms. The molecule has 0 N–H and O–H groups in total. The molecule has 0 aliphatic heterocycles. The predicted octanol–water partition coefficient (Wildman–Crippen LogP) is 4.67. The molecule has 0 fully saturated rings. The summed E-state index contributed by atoms with van der Waals surface area (Å²) in [6.45, 7) is 0. The van der Waals surface area contributed by atoms with Crippen LogP contribution in [0.5, 0.6) is 0 Å². The molecular formula is C17H12ClF3N2O2S. The Morgan fingerprint density at radius 3 is 2.27 bits per heavy atom. The molecule has 0 atom stereocenters. The molecule has 0 unspecified atom stereocenters. The fourth-order valence-electron chi connectivity index (χ4n) is 2.45. The molecule has 1 aromatic heterocycles. The van der Waals surface area contributed by atoms with E-state index in [1.54, 1.807) is 24.3 Å². The first-order chi connectivity index (χ1) is 12.2. The van der Waals surface area contributed by atoms with Crippen molar-refractivity contribution < 1.29 is 21.6 Å². The zero-order valence-corrected chi connectivity index (χ0v) is 14.9. The molecule has 2 aromatic carbocycles. The third kappa shape index (κ3) is 3.61. The summed E-state index contributed by atoms with van der Waals surface area (Å²) in [7, 11) is -3.75. The number of alkyl halides is 2. The van der Waals surface area contributed by atoms with Gasteiger partial charge in [-0.2, -0.15) is 5.10 Å². The van der Waals surface area contributed by atoms with E-state index in [9.17, 15) is 21.6 Å². The van der Waals surface area contributed by atoms with Gasteiger partial charge in [-0.3, -0.25) is 0 Å². The fourth-order valence-corrected chi connectivity index (χ4v) is 3.31. The summed E-state index contributed by atoms with van der Waals surface area (Å²) >= 11 is 5.84. The van der Waals surface area contributed by atoms with Crippen LogP contribution in [0.3, 0.4) is 0 Å². The summed E-state index contributed by atoms with van der Waals surface area (Å²) in [4.78, 5) is -0.476. The molecule has 0 amide bonds. The van der Waals surface area contributed by atoms with Crippen molar-refractivity contribution in [3.8, 4) is 16.9 Å². The normalized spacial score (nSPS) is 11.9. The lowest BCUT2D eigenvalue weighted by molar-refractivity contribution is 0.145. The molecule has 0 saturated heterocycles. The Labute approximate surface area is 152 Å². The van der Waals surface area contributed by atoms with Gasteiger partial charge in [0, 0.05) is 22.9 Å². The van der Waals surface area contributed by atoms with Crippen molar-refractivity contribution in [2.24, 2.45) is 0 Å². The smallest absolute Gasteiger partial charge is 0.233 e. The van der Waals surface area contributed by atoms with E-state index in [-0.39, 0.29) is 5.69 Å². The highest BCUT2D eigenvalue weighted by atomic mass is 35.5. The summed E-state index contributed by atoms with van der Waals surface area (Å²) in [5.41, 5.74) is 0.471. The molecule has 136 valence electrons. The van der Waals surface area contributed by atoms with E-state index in [1.807, 2.05) is 0 Å². The number of hydrogen-bond donors (Lipinski definition) is 0. The predicted molar refractivity (Wildman–Crippen MR) is 92.0 cm³/mol. The minimum atomic E-state index is -3.75. The average molecular weight is 401 g/mol. The Morgan fingerprint density at radius 1 is 1.08 bits per heavy atom. The third-order valence-corrected chi connectivity index (χ3v) is 5.03. The lowest BCUT2D eigenvalue weighted by Gasteiger charge is -2.09. The second-order valence-corrected chi connectivity index (χ2v) is 7.98. The Hall–Kier alpha value is -2.32. The van der Waals surface area contributed by atoms with E-state index in [1.165, 1.54) is 12.1 Å². The number of rotatable bonds is 4. The summed E-state index contributed by atoms with van der Waals surface area (Å²) in [5.74, 6) is -0.985. The van der Waals surface area contributed by atoms with Gasteiger partial charge in [0.15, 0.2) is 9.84 Å². The first kappa shape index (κ1) is 18.5. The third-order valence-electron chi connectivity index (χ3n) is 3.65. The van der Waals surface area contributed by atoms with Gasteiger partial charge in [0.1, 0.15) is 16.4 Å². The molecule has 3 rings (SSSR count). The van der Waals surface area contributed by atoms with E-state index in [0.29, 0.717) is 16.3 Å². The molecule has 1 heterocycles. The average Bonchev–Trinajstić information content (AvgIpc) is 3.00. The number of hydrogen-bond acceptors (Lipinski definition) is 3. The van der Waals surface area contributed by atoms with Crippen molar-refractivity contribution in [1.29, 1.82) is 0 Å². The Kier molecular flexibility index (Phi) is 4.81. The van der Waals surface area contributed by atoms with Gasteiger partial charge >= 0.3 is 0 Å². The summed E-state index contributed by atoms with van der Waals surface area (Å²) in [6, 6.07) is 10.9. The van der Waals surface area contributed by atoms with E-state index in [2.05, 4.69) is 5.10 Å². The van der Waals surface area contributed by atoms with Gasteiger partial charge in [-0.05, 0) is 30.3 Å². The number of benzene rings is 2. The lowest BCUT2D eigenvalue weighted by atomic mass is 10.1. The van der Waals surface area contributed by atoms with Gasteiger partial charge in [-0.1, -0.05) is 23.7 Å². The van der Waals surface area contributed by atoms with Crippen molar-refractivity contribution in [3.05, 3.63) is 65.1 Å². The monoisotopic (exact) mass is 400 g/mol. The molecule has 0 saturated carbocycles. The maximum atomic E-state index is 14.2. The van der Waals surface area contributed by atoms with Crippen LogP contribution in [0, 0.1) is 5.82 Å². The minimum absolute atomic E-state index is 0.117. The van der Waals surface area contributed by atoms with Gasteiger partial charge in [-0.25, -0.2) is 26.3 Å². The van der Waals surface area contributed by atoms with Crippen molar-refractivity contribution in [2.45, 2.75) is 11.3 Å². The zero-order chi connectivity index (χ0) is 19.1. The maximum absolute atomic E-state index is 14.2. The number of sulfone groups is 1. The topological polar surface area (TPSA) is 52.0 Å². The van der Waals surface area contributed by atoms with E-state index >= 15 is 0 Å². The standard InChI is InChI=1S/C17H12ClF3N2O2S/c1-26(24,25)16-7-6-12(8-13(16)19)23-15(9-14(22-23)17(20)21)10-2-4-11(18)5-3-10/h2-9,17H,1H3. The number of nitrogens with zero attached hydrogens (tertiary/aromatic N) is 2. The Bertz CT molecular complexity index is 1060. The highest BCUT2D eigenvalue weighted by Crippen LogP contribution is 2.30. The number of halogens is 4. The van der Waals surface area contributed by atoms with Gasteiger partial charge < -0.3 is 0 Å². The minimum Gasteiger partial charge on any atom is -0.233 e. The van der Waals surface area contributed by atoms with Gasteiger partial charge in [0.25, 0.3) is 6.43 Å². The van der Waals surface area contributed by atoms with Crippen molar-refractivity contribution in [2.75, 3.05) is 6.26 Å². The molecule has 4 nitrogen and oxygen atoms in total.